The van der Waals surface area contributed by atoms with Crippen molar-refractivity contribution in [3.63, 3.8) is 0 Å². The maximum atomic E-state index is 12.4. The van der Waals surface area contributed by atoms with E-state index >= 15 is 0 Å². The highest BCUT2D eigenvalue weighted by molar-refractivity contribution is 7.16. The quantitative estimate of drug-likeness (QED) is 0.760. The number of aromatic nitrogens is 1. The van der Waals surface area contributed by atoms with E-state index in [9.17, 15) is 19.5 Å². The first-order chi connectivity index (χ1) is 11.4. The van der Waals surface area contributed by atoms with Gasteiger partial charge in [0.05, 0.1) is 30.6 Å². The first-order valence-corrected chi connectivity index (χ1v) is 8.89. The van der Waals surface area contributed by atoms with Crippen LogP contribution in [0.4, 0.5) is 5.13 Å². The van der Waals surface area contributed by atoms with Gasteiger partial charge in [0.2, 0.25) is 5.91 Å². The van der Waals surface area contributed by atoms with E-state index in [4.69, 9.17) is 4.74 Å². The van der Waals surface area contributed by atoms with Crippen LogP contribution in [0.3, 0.4) is 0 Å². The number of carbonyl (C=O) groups excluding carboxylic acids is 2. The lowest BCUT2D eigenvalue weighted by molar-refractivity contribution is -0.147. The molecule has 0 radical (unpaired) electrons. The minimum atomic E-state index is -0.923. The smallest absolute Gasteiger partial charge is 0.311 e. The zero-order chi connectivity index (χ0) is 17.7. The van der Waals surface area contributed by atoms with Crippen LogP contribution < -0.4 is 5.32 Å². The van der Waals surface area contributed by atoms with Crippen LogP contribution in [-0.2, 0) is 25.5 Å². The number of carboxylic acids is 1. The highest BCUT2D eigenvalue weighted by Gasteiger charge is 2.36. The van der Waals surface area contributed by atoms with Crippen LogP contribution in [0.25, 0.3) is 0 Å². The first-order valence-electron chi connectivity index (χ1n) is 8.08. The summed E-state index contributed by atoms with van der Waals surface area (Å²) in [6.07, 6.45) is 2.91. The molecule has 132 valence electrons. The van der Waals surface area contributed by atoms with Gasteiger partial charge in [-0.25, -0.2) is 4.98 Å². The number of nitrogens with zero attached hydrogens (tertiary/aromatic N) is 1. The predicted molar refractivity (Wildman–Crippen MR) is 88.9 cm³/mol. The maximum Gasteiger partial charge on any atom is 0.311 e. The van der Waals surface area contributed by atoms with Crippen molar-refractivity contribution in [1.82, 2.24) is 4.98 Å². The van der Waals surface area contributed by atoms with Crippen molar-refractivity contribution < 1.29 is 24.2 Å². The summed E-state index contributed by atoms with van der Waals surface area (Å²) >= 11 is 1.22. The average Bonchev–Trinajstić information content (AvgIpc) is 2.86. The number of thiazole rings is 1. The van der Waals surface area contributed by atoms with Gasteiger partial charge < -0.3 is 15.2 Å². The number of hydrogen-bond donors (Lipinski definition) is 2. The molecule has 2 N–H and O–H groups in total. The van der Waals surface area contributed by atoms with Crippen LogP contribution >= 0.6 is 11.3 Å². The van der Waals surface area contributed by atoms with Crippen LogP contribution in [-0.4, -0.2) is 34.5 Å². The van der Waals surface area contributed by atoms with Crippen molar-refractivity contribution >= 4 is 34.3 Å². The van der Waals surface area contributed by atoms with Crippen molar-refractivity contribution in [3.05, 3.63) is 10.6 Å². The van der Waals surface area contributed by atoms with Crippen molar-refractivity contribution in [2.24, 2.45) is 11.8 Å². The molecule has 7 nitrogen and oxygen atoms in total. The molecule has 1 fully saturated rings. The molecule has 1 heterocycles. The molecule has 0 spiro atoms. The Morgan fingerprint density at radius 1 is 1.29 bits per heavy atom. The maximum absolute atomic E-state index is 12.4. The number of aryl methyl sites for hydroxylation is 1. The molecule has 1 aliphatic carbocycles. The van der Waals surface area contributed by atoms with Gasteiger partial charge in [0.25, 0.3) is 0 Å². The van der Waals surface area contributed by atoms with Gasteiger partial charge >= 0.3 is 11.9 Å². The second-order valence-electron chi connectivity index (χ2n) is 5.83. The summed E-state index contributed by atoms with van der Waals surface area (Å²) in [6.45, 7) is 3.83. The van der Waals surface area contributed by atoms with Crippen molar-refractivity contribution in [2.75, 3.05) is 11.9 Å². The molecule has 1 saturated carbocycles. The van der Waals surface area contributed by atoms with Gasteiger partial charge in [-0.2, -0.15) is 0 Å². The van der Waals surface area contributed by atoms with E-state index in [1.54, 1.807) is 13.8 Å². The predicted octanol–water partition coefficient (Wildman–Crippen LogP) is 2.39. The Labute approximate surface area is 144 Å². The van der Waals surface area contributed by atoms with E-state index in [0.717, 1.165) is 17.7 Å². The minimum absolute atomic E-state index is 0.119. The number of hydrogen-bond acceptors (Lipinski definition) is 6. The van der Waals surface area contributed by atoms with Crippen molar-refractivity contribution in [1.29, 1.82) is 0 Å². The number of anilines is 1. The number of ether oxygens (including phenoxy) is 1. The number of aliphatic carboxylic acids is 1. The topological polar surface area (TPSA) is 106 Å². The molecule has 1 aromatic rings. The Bertz CT molecular complexity index is 628. The average molecular weight is 354 g/mol. The summed E-state index contributed by atoms with van der Waals surface area (Å²) in [7, 11) is 0. The number of esters is 1. The molecule has 0 bridgehead atoms. The summed E-state index contributed by atoms with van der Waals surface area (Å²) < 4.78 is 4.91. The molecule has 0 aromatic carbocycles. The van der Waals surface area contributed by atoms with Gasteiger partial charge in [-0.3, -0.25) is 14.4 Å². The van der Waals surface area contributed by atoms with E-state index < -0.39 is 17.8 Å². The Morgan fingerprint density at radius 3 is 2.58 bits per heavy atom. The Hall–Kier alpha value is -1.96. The van der Waals surface area contributed by atoms with Gasteiger partial charge in [0, 0.05) is 4.88 Å². The summed E-state index contributed by atoms with van der Waals surface area (Å²) in [5.74, 6) is -2.74. The normalized spacial score (nSPS) is 20.4. The van der Waals surface area contributed by atoms with Gasteiger partial charge in [-0.1, -0.05) is 12.8 Å². The van der Waals surface area contributed by atoms with Crippen LogP contribution in [0.5, 0.6) is 0 Å². The highest BCUT2D eigenvalue weighted by atomic mass is 32.1. The molecule has 0 saturated heterocycles. The Balaban J connectivity index is 2.03. The zero-order valence-electron chi connectivity index (χ0n) is 13.8. The SMILES string of the molecule is CCOC(=O)Cc1sc(NC(=O)C2CCCCC2C(=O)O)nc1C. The molecule has 2 unspecified atom stereocenters. The zero-order valence-corrected chi connectivity index (χ0v) is 14.6. The molecule has 2 rings (SSSR count). The number of nitrogens with one attached hydrogen (secondary N) is 1. The monoisotopic (exact) mass is 354 g/mol. The molecule has 1 aliphatic rings. The lowest BCUT2D eigenvalue weighted by Crippen LogP contribution is -2.36. The van der Waals surface area contributed by atoms with Gasteiger partial charge in [0.15, 0.2) is 5.13 Å². The molecule has 2 atom stereocenters. The summed E-state index contributed by atoms with van der Waals surface area (Å²) in [4.78, 5) is 40.3. The number of carboxylic acid groups (broad SMARTS) is 1. The summed E-state index contributed by atoms with van der Waals surface area (Å²) in [5.41, 5.74) is 0.668. The Kier molecular flexibility index (Phi) is 6.30. The minimum Gasteiger partial charge on any atom is -0.481 e. The molecule has 0 aliphatic heterocycles. The standard InChI is InChI=1S/C16H22N2O5S/c1-3-23-13(19)8-12-9(2)17-16(24-12)18-14(20)10-6-4-5-7-11(10)15(21)22/h10-11H,3-8H2,1-2H3,(H,21,22)(H,17,18,20). The molecule has 1 aromatic heterocycles. The molecular weight excluding hydrogens is 332 g/mol. The van der Waals surface area contributed by atoms with E-state index in [2.05, 4.69) is 10.3 Å². The third-order valence-corrected chi connectivity index (χ3v) is 5.23. The van der Waals surface area contributed by atoms with Gasteiger partial charge in [0.1, 0.15) is 0 Å². The number of amides is 1. The van der Waals surface area contributed by atoms with Crippen molar-refractivity contribution in [3.8, 4) is 0 Å². The van der Waals surface area contributed by atoms with Crippen LogP contribution in [0.15, 0.2) is 0 Å². The molecule has 24 heavy (non-hydrogen) atoms. The van der Waals surface area contributed by atoms with E-state index in [0.29, 0.717) is 30.3 Å². The van der Waals surface area contributed by atoms with E-state index in [-0.39, 0.29) is 18.3 Å². The molecule has 1 amide bonds. The van der Waals surface area contributed by atoms with Gasteiger partial charge in [-0.15, -0.1) is 11.3 Å². The highest BCUT2D eigenvalue weighted by Crippen LogP contribution is 2.32. The fourth-order valence-electron chi connectivity index (χ4n) is 2.93. The van der Waals surface area contributed by atoms with E-state index in [1.807, 2.05) is 0 Å². The number of rotatable bonds is 6. The molecular formula is C16H22N2O5S. The summed E-state index contributed by atoms with van der Waals surface area (Å²) in [5, 5.41) is 12.4. The summed E-state index contributed by atoms with van der Waals surface area (Å²) in [6, 6.07) is 0. The second-order valence-corrected chi connectivity index (χ2v) is 6.92. The third kappa shape index (κ3) is 4.53. The van der Waals surface area contributed by atoms with Crippen LogP contribution in [0.2, 0.25) is 0 Å². The van der Waals surface area contributed by atoms with Gasteiger partial charge in [-0.05, 0) is 26.7 Å². The Morgan fingerprint density at radius 2 is 1.96 bits per heavy atom. The first kappa shape index (κ1) is 18.4. The fourth-order valence-corrected chi connectivity index (χ4v) is 3.88. The fraction of sp³-hybridized carbons (Fsp3) is 0.625. The van der Waals surface area contributed by atoms with Crippen molar-refractivity contribution in [2.45, 2.75) is 46.0 Å². The van der Waals surface area contributed by atoms with E-state index in [1.165, 1.54) is 11.3 Å². The molecule has 8 heteroatoms. The largest absolute Gasteiger partial charge is 0.481 e. The number of carbonyl (C=O) groups is 3. The van der Waals surface area contributed by atoms with Crippen LogP contribution in [0.1, 0.15) is 43.2 Å². The third-order valence-electron chi connectivity index (χ3n) is 4.15. The lowest BCUT2D eigenvalue weighted by Gasteiger charge is -2.26. The van der Waals surface area contributed by atoms with Crippen LogP contribution in [0, 0.1) is 18.8 Å². The second kappa shape index (κ2) is 8.23. The lowest BCUT2D eigenvalue weighted by atomic mass is 9.79.